The van der Waals surface area contributed by atoms with Crippen LogP contribution in [0, 0.1) is 0 Å². The fraction of sp³-hybridized carbons (Fsp3) is 0.625. The zero-order valence-corrected chi connectivity index (χ0v) is 6.25. The van der Waals surface area contributed by atoms with Crippen LogP contribution in [0.5, 0.6) is 0 Å². The van der Waals surface area contributed by atoms with Gasteiger partial charge < -0.3 is 4.57 Å². The van der Waals surface area contributed by atoms with E-state index in [1.54, 1.807) is 0 Å². The minimum Gasteiger partial charge on any atom is -0.332 e. The summed E-state index contributed by atoms with van der Waals surface area (Å²) in [5.41, 5.74) is 0.399. The van der Waals surface area contributed by atoms with Crippen LogP contribution in [0.3, 0.4) is 0 Å². The molecule has 10 heavy (non-hydrogen) atoms. The summed E-state index contributed by atoms with van der Waals surface area (Å²) in [6.07, 6.45) is 9.81. The Hall–Kier alpha value is -0.790. The molecule has 0 N–H and O–H groups in total. The van der Waals surface area contributed by atoms with Crippen molar-refractivity contribution < 1.29 is 0 Å². The predicted molar refractivity (Wildman–Crippen MR) is 39.7 cm³/mol. The van der Waals surface area contributed by atoms with Crippen molar-refractivity contribution in [3.05, 3.63) is 18.7 Å². The van der Waals surface area contributed by atoms with E-state index in [4.69, 9.17) is 0 Å². The number of aromatic nitrogens is 2. The van der Waals surface area contributed by atoms with Gasteiger partial charge in [-0.2, -0.15) is 0 Å². The SMILES string of the molecule is CC1(n2ccnc2)CCC1. The van der Waals surface area contributed by atoms with E-state index >= 15 is 0 Å². The third-order valence-electron chi connectivity index (χ3n) is 2.56. The highest BCUT2D eigenvalue weighted by Gasteiger charge is 2.32. The van der Waals surface area contributed by atoms with Gasteiger partial charge in [0.1, 0.15) is 0 Å². The highest BCUT2D eigenvalue weighted by Crippen LogP contribution is 2.37. The average Bonchev–Trinajstić information content (AvgIpc) is 2.33. The van der Waals surface area contributed by atoms with Gasteiger partial charge in [0.15, 0.2) is 0 Å². The van der Waals surface area contributed by atoms with Gasteiger partial charge in [-0.25, -0.2) is 4.98 Å². The molecule has 2 rings (SSSR count). The molecule has 0 aromatic carbocycles. The van der Waals surface area contributed by atoms with Crippen LogP contribution < -0.4 is 0 Å². The van der Waals surface area contributed by atoms with E-state index in [1.165, 1.54) is 19.3 Å². The fourth-order valence-corrected chi connectivity index (χ4v) is 1.53. The molecule has 0 unspecified atom stereocenters. The van der Waals surface area contributed by atoms with Crippen LogP contribution in [0.2, 0.25) is 0 Å². The summed E-state index contributed by atoms with van der Waals surface area (Å²) in [7, 11) is 0. The highest BCUT2D eigenvalue weighted by molar-refractivity contribution is 4.94. The van der Waals surface area contributed by atoms with Crippen molar-refractivity contribution in [2.75, 3.05) is 0 Å². The van der Waals surface area contributed by atoms with Crippen molar-refractivity contribution >= 4 is 0 Å². The van der Waals surface area contributed by atoms with E-state index < -0.39 is 0 Å². The first-order valence-electron chi connectivity index (χ1n) is 3.80. The first-order chi connectivity index (χ1) is 4.81. The van der Waals surface area contributed by atoms with Gasteiger partial charge in [-0.3, -0.25) is 0 Å². The lowest BCUT2D eigenvalue weighted by Gasteiger charge is -2.39. The molecule has 1 aliphatic carbocycles. The first-order valence-corrected chi connectivity index (χ1v) is 3.80. The second kappa shape index (κ2) is 1.84. The topological polar surface area (TPSA) is 17.8 Å². The molecule has 2 heteroatoms. The second-order valence-corrected chi connectivity index (χ2v) is 3.32. The number of rotatable bonds is 1. The molecular formula is C8H12N2. The molecule has 2 nitrogen and oxygen atoms in total. The van der Waals surface area contributed by atoms with Crippen LogP contribution in [0.4, 0.5) is 0 Å². The zero-order chi connectivity index (χ0) is 7.03. The van der Waals surface area contributed by atoms with E-state index in [2.05, 4.69) is 22.7 Å². The van der Waals surface area contributed by atoms with E-state index in [-0.39, 0.29) is 0 Å². The minimum atomic E-state index is 0.399. The molecule has 0 radical (unpaired) electrons. The van der Waals surface area contributed by atoms with Crippen LogP contribution in [-0.4, -0.2) is 9.55 Å². The maximum atomic E-state index is 4.03. The molecule has 1 fully saturated rings. The summed E-state index contributed by atoms with van der Waals surface area (Å²) in [4.78, 5) is 4.03. The van der Waals surface area contributed by atoms with Gasteiger partial charge in [0.05, 0.1) is 6.33 Å². The largest absolute Gasteiger partial charge is 0.332 e. The summed E-state index contributed by atoms with van der Waals surface area (Å²) in [5, 5.41) is 0. The van der Waals surface area contributed by atoms with Crippen molar-refractivity contribution in [3.63, 3.8) is 0 Å². The molecule has 1 aromatic heterocycles. The monoisotopic (exact) mass is 136 g/mol. The summed E-state index contributed by atoms with van der Waals surface area (Å²) < 4.78 is 2.22. The summed E-state index contributed by atoms with van der Waals surface area (Å²) in [6, 6.07) is 0. The quantitative estimate of drug-likeness (QED) is 0.575. The van der Waals surface area contributed by atoms with Crippen LogP contribution in [0.15, 0.2) is 18.7 Å². The standard InChI is InChI=1S/C8H12N2/c1-8(3-2-4-8)10-6-5-9-7-10/h5-7H,2-4H2,1H3. The van der Waals surface area contributed by atoms with E-state index in [0.717, 1.165) is 0 Å². The molecule has 0 amide bonds. The van der Waals surface area contributed by atoms with E-state index in [1.807, 2.05) is 12.5 Å². The van der Waals surface area contributed by atoms with Crippen molar-refractivity contribution in [3.8, 4) is 0 Å². The molecule has 0 bridgehead atoms. The zero-order valence-electron chi connectivity index (χ0n) is 6.25. The third-order valence-corrected chi connectivity index (χ3v) is 2.56. The maximum absolute atomic E-state index is 4.03. The lowest BCUT2D eigenvalue weighted by atomic mass is 9.78. The number of hydrogen-bond acceptors (Lipinski definition) is 1. The highest BCUT2D eigenvalue weighted by atomic mass is 15.1. The first kappa shape index (κ1) is 5.96. The van der Waals surface area contributed by atoms with E-state index in [0.29, 0.717) is 5.54 Å². The Bertz CT molecular complexity index is 209. The Morgan fingerprint density at radius 2 is 2.30 bits per heavy atom. The van der Waals surface area contributed by atoms with Gasteiger partial charge in [-0.15, -0.1) is 0 Å². The second-order valence-electron chi connectivity index (χ2n) is 3.32. The molecule has 1 aliphatic rings. The van der Waals surface area contributed by atoms with Crippen LogP contribution in [-0.2, 0) is 5.54 Å². The summed E-state index contributed by atoms with van der Waals surface area (Å²) >= 11 is 0. The molecule has 1 saturated carbocycles. The smallest absolute Gasteiger partial charge is 0.0951 e. The van der Waals surface area contributed by atoms with Crippen LogP contribution in [0.25, 0.3) is 0 Å². The number of hydrogen-bond donors (Lipinski definition) is 0. The Kier molecular flexibility index (Phi) is 1.10. The average molecular weight is 136 g/mol. The molecule has 1 aromatic rings. The van der Waals surface area contributed by atoms with Gasteiger partial charge in [-0.05, 0) is 26.2 Å². The van der Waals surface area contributed by atoms with Crippen LogP contribution >= 0.6 is 0 Å². The van der Waals surface area contributed by atoms with Gasteiger partial charge in [0, 0.05) is 17.9 Å². The number of nitrogens with zero attached hydrogens (tertiary/aromatic N) is 2. The Morgan fingerprint density at radius 1 is 1.50 bits per heavy atom. The van der Waals surface area contributed by atoms with Gasteiger partial charge in [-0.1, -0.05) is 0 Å². The predicted octanol–water partition coefficient (Wildman–Crippen LogP) is 1.78. The lowest BCUT2D eigenvalue weighted by molar-refractivity contribution is 0.168. The third kappa shape index (κ3) is 0.681. The molecule has 1 heterocycles. The van der Waals surface area contributed by atoms with Crippen molar-refractivity contribution in [1.29, 1.82) is 0 Å². The van der Waals surface area contributed by atoms with Gasteiger partial charge >= 0.3 is 0 Å². The molecule has 54 valence electrons. The van der Waals surface area contributed by atoms with Crippen molar-refractivity contribution in [1.82, 2.24) is 9.55 Å². The Labute approximate surface area is 60.9 Å². The molecule has 0 atom stereocenters. The van der Waals surface area contributed by atoms with Crippen LogP contribution in [0.1, 0.15) is 26.2 Å². The molecule has 0 spiro atoms. The Morgan fingerprint density at radius 3 is 2.70 bits per heavy atom. The minimum absolute atomic E-state index is 0.399. The molecular weight excluding hydrogens is 124 g/mol. The Balaban J connectivity index is 2.27. The molecule has 0 saturated heterocycles. The summed E-state index contributed by atoms with van der Waals surface area (Å²) in [5.74, 6) is 0. The normalized spacial score (nSPS) is 22.1. The lowest BCUT2D eigenvalue weighted by Crippen LogP contribution is -2.36. The van der Waals surface area contributed by atoms with Gasteiger partial charge in [0.25, 0.3) is 0 Å². The van der Waals surface area contributed by atoms with Gasteiger partial charge in [0.2, 0.25) is 0 Å². The fourth-order valence-electron chi connectivity index (χ4n) is 1.53. The van der Waals surface area contributed by atoms with Crippen molar-refractivity contribution in [2.24, 2.45) is 0 Å². The number of imidazole rings is 1. The summed E-state index contributed by atoms with van der Waals surface area (Å²) in [6.45, 7) is 2.29. The maximum Gasteiger partial charge on any atom is 0.0951 e. The molecule has 0 aliphatic heterocycles. The van der Waals surface area contributed by atoms with Crippen molar-refractivity contribution in [2.45, 2.75) is 31.7 Å². The van der Waals surface area contributed by atoms with E-state index in [9.17, 15) is 0 Å².